The summed E-state index contributed by atoms with van der Waals surface area (Å²) >= 11 is 0. The topological polar surface area (TPSA) is 29.9 Å². The van der Waals surface area contributed by atoms with E-state index in [4.69, 9.17) is 4.98 Å². The molecule has 0 spiro atoms. The molecule has 0 radical (unpaired) electrons. The number of hydrogen-bond donors (Lipinski definition) is 1. The monoisotopic (exact) mass is 247 g/mol. The zero-order valence-electron chi connectivity index (χ0n) is 11.9. The third-order valence-corrected chi connectivity index (χ3v) is 4.62. The van der Waals surface area contributed by atoms with Gasteiger partial charge in [0.2, 0.25) is 0 Å². The average Bonchev–Trinajstić information content (AvgIpc) is 2.88. The van der Waals surface area contributed by atoms with Crippen molar-refractivity contribution in [3.63, 3.8) is 0 Å². The highest BCUT2D eigenvalue weighted by Gasteiger charge is 2.34. The van der Waals surface area contributed by atoms with E-state index in [2.05, 4.69) is 30.7 Å². The molecule has 2 aliphatic rings. The van der Waals surface area contributed by atoms with Crippen molar-refractivity contribution in [2.45, 2.75) is 65.5 Å². The van der Waals surface area contributed by atoms with Crippen molar-refractivity contribution >= 4 is 0 Å². The number of nitrogens with zero attached hydrogens (tertiary/aromatic N) is 2. The van der Waals surface area contributed by atoms with E-state index in [1.54, 1.807) is 0 Å². The Bertz CT molecular complexity index is 445. The highest BCUT2D eigenvalue weighted by Crippen LogP contribution is 2.44. The van der Waals surface area contributed by atoms with E-state index in [0.29, 0.717) is 11.5 Å². The van der Waals surface area contributed by atoms with Gasteiger partial charge in [-0.3, -0.25) is 0 Å². The maximum Gasteiger partial charge on any atom is 0.109 e. The zero-order chi connectivity index (χ0) is 12.8. The molecule has 100 valence electrons. The summed E-state index contributed by atoms with van der Waals surface area (Å²) in [5, 5.41) is 3.44. The minimum Gasteiger partial charge on any atom is -0.329 e. The predicted molar refractivity (Wildman–Crippen MR) is 73.7 cm³/mol. The lowest BCUT2D eigenvalue weighted by Gasteiger charge is -2.23. The Morgan fingerprint density at radius 3 is 2.94 bits per heavy atom. The summed E-state index contributed by atoms with van der Waals surface area (Å²) in [7, 11) is 0. The van der Waals surface area contributed by atoms with Crippen LogP contribution in [-0.2, 0) is 19.4 Å². The van der Waals surface area contributed by atoms with Crippen molar-refractivity contribution in [1.82, 2.24) is 14.9 Å². The first kappa shape index (κ1) is 12.2. The maximum absolute atomic E-state index is 4.86. The largest absolute Gasteiger partial charge is 0.329 e. The van der Waals surface area contributed by atoms with Gasteiger partial charge in [0.1, 0.15) is 5.82 Å². The van der Waals surface area contributed by atoms with Crippen LogP contribution in [0.5, 0.6) is 0 Å². The third-order valence-electron chi connectivity index (χ3n) is 4.62. The molecule has 0 saturated heterocycles. The molecule has 0 amide bonds. The first-order valence-electron chi connectivity index (χ1n) is 7.40. The number of fused-ring (bicyclic) bond motifs is 1. The molecule has 1 aliphatic carbocycles. The van der Waals surface area contributed by atoms with E-state index in [-0.39, 0.29) is 0 Å². The molecule has 1 aliphatic heterocycles. The van der Waals surface area contributed by atoms with Crippen LogP contribution in [0.3, 0.4) is 0 Å². The quantitative estimate of drug-likeness (QED) is 0.871. The Labute approximate surface area is 110 Å². The van der Waals surface area contributed by atoms with Crippen LogP contribution in [-0.4, -0.2) is 16.1 Å². The van der Waals surface area contributed by atoms with E-state index < -0.39 is 0 Å². The first-order chi connectivity index (χ1) is 8.61. The summed E-state index contributed by atoms with van der Waals surface area (Å²) in [6, 6.07) is 0.698. The van der Waals surface area contributed by atoms with E-state index >= 15 is 0 Å². The molecular formula is C15H25N3. The predicted octanol–water partition coefficient (Wildman–Crippen LogP) is 2.84. The highest BCUT2D eigenvalue weighted by molar-refractivity contribution is 5.22. The van der Waals surface area contributed by atoms with Crippen molar-refractivity contribution in [3.05, 3.63) is 17.2 Å². The molecule has 18 heavy (non-hydrogen) atoms. The molecular weight excluding hydrogens is 222 g/mol. The minimum atomic E-state index is 0.514. The summed E-state index contributed by atoms with van der Waals surface area (Å²) in [6.45, 7) is 9.12. The summed E-state index contributed by atoms with van der Waals surface area (Å²) in [6.07, 6.45) is 6.21. The Morgan fingerprint density at radius 1 is 1.44 bits per heavy atom. The molecule has 1 atom stereocenters. The molecule has 3 heteroatoms. The lowest BCUT2D eigenvalue weighted by Crippen LogP contribution is -2.26. The zero-order valence-corrected chi connectivity index (χ0v) is 11.9. The van der Waals surface area contributed by atoms with Gasteiger partial charge in [0.15, 0.2) is 0 Å². The number of aromatic nitrogens is 2. The van der Waals surface area contributed by atoms with Gasteiger partial charge < -0.3 is 9.88 Å². The molecule has 3 nitrogen and oxygen atoms in total. The molecule has 1 aromatic heterocycles. The fourth-order valence-electron chi connectivity index (χ4n) is 3.69. The van der Waals surface area contributed by atoms with E-state index in [1.165, 1.54) is 36.5 Å². The average molecular weight is 247 g/mol. The molecule has 1 fully saturated rings. The second kappa shape index (κ2) is 4.37. The maximum atomic E-state index is 4.86. The molecule has 0 aromatic carbocycles. The highest BCUT2D eigenvalue weighted by atomic mass is 15.1. The van der Waals surface area contributed by atoms with Crippen LogP contribution in [0, 0.1) is 5.41 Å². The van der Waals surface area contributed by atoms with Crippen molar-refractivity contribution in [2.24, 2.45) is 5.41 Å². The normalized spacial score (nSPS) is 26.3. The molecule has 1 unspecified atom stereocenters. The van der Waals surface area contributed by atoms with Crippen molar-refractivity contribution in [3.8, 4) is 0 Å². The third kappa shape index (κ3) is 1.99. The number of rotatable bonds is 2. The van der Waals surface area contributed by atoms with Crippen LogP contribution in [0.4, 0.5) is 0 Å². The van der Waals surface area contributed by atoms with Crippen molar-refractivity contribution < 1.29 is 0 Å². The number of hydrogen-bond acceptors (Lipinski definition) is 2. The fraction of sp³-hybridized carbons (Fsp3) is 0.800. The van der Waals surface area contributed by atoms with Crippen LogP contribution in [0.15, 0.2) is 0 Å². The fourth-order valence-corrected chi connectivity index (χ4v) is 3.69. The van der Waals surface area contributed by atoms with Gasteiger partial charge in [-0.15, -0.1) is 0 Å². The van der Waals surface area contributed by atoms with Gasteiger partial charge in [0.05, 0.1) is 5.69 Å². The Hall–Kier alpha value is -0.830. The summed E-state index contributed by atoms with van der Waals surface area (Å²) in [5.41, 5.74) is 3.34. The Morgan fingerprint density at radius 2 is 2.28 bits per heavy atom. The standard InChI is InChI=1S/C15H25N3/c1-4-14-17-12-10-16-8-6-13(12)18(14)11-5-7-15(2,3)9-11/h11,16H,4-10H2,1-3H3. The van der Waals surface area contributed by atoms with Gasteiger partial charge in [-0.05, 0) is 24.7 Å². The second-order valence-electron chi connectivity index (χ2n) is 6.63. The van der Waals surface area contributed by atoms with Crippen molar-refractivity contribution in [1.29, 1.82) is 0 Å². The van der Waals surface area contributed by atoms with Gasteiger partial charge in [-0.25, -0.2) is 4.98 Å². The smallest absolute Gasteiger partial charge is 0.109 e. The summed E-state index contributed by atoms with van der Waals surface area (Å²) in [4.78, 5) is 4.86. The Balaban J connectivity index is 1.97. The number of nitrogens with one attached hydrogen (secondary N) is 1. The van der Waals surface area contributed by atoms with Gasteiger partial charge >= 0.3 is 0 Å². The van der Waals surface area contributed by atoms with Crippen molar-refractivity contribution in [2.75, 3.05) is 6.54 Å². The number of aryl methyl sites for hydroxylation is 1. The number of imidazole rings is 1. The van der Waals surface area contributed by atoms with Crippen LogP contribution < -0.4 is 5.32 Å². The van der Waals surface area contributed by atoms with Gasteiger partial charge in [0.25, 0.3) is 0 Å². The lowest BCUT2D eigenvalue weighted by atomic mass is 9.91. The minimum absolute atomic E-state index is 0.514. The van der Waals surface area contributed by atoms with E-state index in [1.807, 2.05) is 0 Å². The SMILES string of the molecule is CCc1nc2c(n1C1CCC(C)(C)C1)CCNC2. The van der Waals surface area contributed by atoms with Crippen LogP contribution in [0.2, 0.25) is 0 Å². The van der Waals surface area contributed by atoms with E-state index in [0.717, 1.165) is 25.9 Å². The van der Waals surface area contributed by atoms with Crippen LogP contribution in [0.1, 0.15) is 63.3 Å². The molecule has 1 N–H and O–H groups in total. The van der Waals surface area contributed by atoms with Crippen LogP contribution in [0.25, 0.3) is 0 Å². The molecule has 2 heterocycles. The molecule has 3 rings (SSSR count). The van der Waals surface area contributed by atoms with E-state index in [9.17, 15) is 0 Å². The van der Waals surface area contributed by atoms with Gasteiger partial charge in [0, 0.05) is 37.7 Å². The van der Waals surface area contributed by atoms with Crippen LogP contribution >= 0.6 is 0 Å². The summed E-state index contributed by atoms with van der Waals surface area (Å²) < 4.78 is 2.60. The lowest BCUT2D eigenvalue weighted by molar-refractivity contribution is 0.353. The second-order valence-corrected chi connectivity index (χ2v) is 6.63. The first-order valence-corrected chi connectivity index (χ1v) is 7.40. The molecule has 1 aromatic rings. The van der Waals surface area contributed by atoms with Gasteiger partial charge in [-0.1, -0.05) is 20.8 Å². The molecule has 1 saturated carbocycles. The van der Waals surface area contributed by atoms with Gasteiger partial charge in [-0.2, -0.15) is 0 Å². The Kier molecular flexibility index (Phi) is 2.97. The molecule has 0 bridgehead atoms. The summed E-state index contributed by atoms with van der Waals surface area (Å²) in [5.74, 6) is 1.31.